The summed E-state index contributed by atoms with van der Waals surface area (Å²) in [6.45, 7) is 3.34. The molecule has 0 saturated heterocycles. The molecule has 0 spiro atoms. The first-order chi connectivity index (χ1) is 8.74. The maximum atomic E-state index is 5.86. The second kappa shape index (κ2) is 6.67. The van der Waals surface area contributed by atoms with Gasteiger partial charge in [0, 0.05) is 5.88 Å². The number of ether oxygens (including phenoxy) is 2. The molecule has 2 nitrogen and oxygen atoms in total. The lowest BCUT2D eigenvalue weighted by Gasteiger charge is -2.14. The highest BCUT2D eigenvalue weighted by molar-refractivity contribution is 9.10. The van der Waals surface area contributed by atoms with Crippen LogP contribution in [-0.4, -0.2) is 13.2 Å². The topological polar surface area (TPSA) is 18.5 Å². The van der Waals surface area contributed by atoms with Crippen LogP contribution < -0.4 is 9.47 Å². The van der Waals surface area contributed by atoms with Crippen molar-refractivity contribution < 1.29 is 9.47 Å². The Morgan fingerprint density at radius 1 is 1.33 bits per heavy atom. The van der Waals surface area contributed by atoms with Gasteiger partial charge < -0.3 is 9.47 Å². The molecule has 0 heterocycles. The fourth-order valence-corrected chi connectivity index (χ4v) is 2.59. The van der Waals surface area contributed by atoms with Crippen LogP contribution in [0.25, 0.3) is 0 Å². The summed E-state index contributed by atoms with van der Waals surface area (Å²) in [7, 11) is 0. The average molecular weight is 334 g/mol. The van der Waals surface area contributed by atoms with Crippen LogP contribution in [0, 0.1) is 5.92 Å². The summed E-state index contributed by atoms with van der Waals surface area (Å²) in [5, 5.41) is 0. The maximum absolute atomic E-state index is 5.86. The Morgan fingerprint density at radius 2 is 2.11 bits per heavy atom. The number of hydrogen-bond donors (Lipinski definition) is 0. The van der Waals surface area contributed by atoms with Crippen LogP contribution in [0.4, 0.5) is 0 Å². The van der Waals surface area contributed by atoms with Gasteiger partial charge in [-0.3, -0.25) is 0 Å². The minimum absolute atomic E-state index is 0.473. The normalized spacial score (nSPS) is 14.6. The summed E-state index contributed by atoms with van der Waals surface area (Å²) in [5.74, 6) is 2.92. The van der Waals surface area contributed by atoms with E-state index in [9.17, 15) is 0 Å². The fourth-order valence-electron chi connectivity index (χ4n) is 1.84. The van der Waals surface area contributed by atoms with Gasteiger partial charge in [-0.2, -0.15) is 0 Å². The van der Waals surface area contributed by atoms with Crippen molar-refractivity contribution in [1.29, 1.82) is 0 Å². The molecule has 0 bridgehead atoms. The number of hydrogen-bond acceptors (Lipinski definition) is 2. The first-order valence-electron chi connectivity index (χ1n) is 6.38. The molecule has 18 heavy (non-hydrogen) atoms. The lowest BCUT2D eigenvalue weighted by molar-refractivity contribution is 0.267. The van der Waals surface area contributed by atoms with Gasteiger partial charge in [0.25, 0.3) is 0 Å². The van der Waals surface area contributed by atoms with Gasteiger partial charge in [-0.05, 0) is 52.9 Å². The van der Waals surface area contributed by atoms with Gasteiger partial charge >= 0.3 is 0 Å². The van der Waals surface area contributed by atoms with Crippen LogP contribution in [0.3, 0.4) is 0 Å². The first kappa shape index (κ1) is 14.0. The molecule has 0 aliphatic heterocycles. The molecular weight excluding hydrogens is 316 g/mol. The van der Waals surface area contributed by atoms with E-state index in [1.165, 1.54) is 12.8 Å². The number of benzene rings is 1. The Hall–Kier alpha value is -0.410. The molecular formula is C14H18BrClO2. The van der Waals surface area contributed by atoms with Gasteiger partial charge in [-0.25, -0.2) is 0 Å². The van der Waals surface area contributed by atoms with Gasteiger partial charge in [0.15, 0.2) is 11.5 Å². The van der Waals surface area contributed by atoms with Crippen LogP contribution in [0.5, 0.6) is 11.5 Å². The van der Waals surface area contributed by atoms with Crippen molar-refractivity contribution in [3.8, 4) is 11.5 Å². The molecule has 2 rings (SSSR count). The molecule has 1 aliphatic rings. The summed E-state index contributed by atoms with van der Waals surface area (Å²) in [5.41, 5.74) is 1.03. The molecule has 0 unspecified atom stereocenters. The third-order valence-corrected chi connectivity index (χ3v) is 3.89. The van der Waals surface area contributed by atoms with E-state index in [2.05, 4.69) is 15.9 Å². The van der Waals surface area contributed by atoms with Crippen LogP contribution in [0.1, 0.15) is 31.7 Å². The van der Waals surface area contributed by atoms with Crippen LogP contribution in [-0.2, 0) is 5.88 Å². The quantitative estimate of drug-likeness (QED) is 0.669. The summed E-state index contributed by atoms with van der Waals surface area (Å²) in [6, 6.07) is 3.94. The third-order valence-electron chi connectivity index (χ3n) is 2.99. The van der Waals surface area contributed by atoms with Crippen LogP contribution in [0.15, 0.2) is 16.6 Å². The number of rotatable bonds is 7. The summed E-state index contributed by atoms with van der Waals surface area (Å²) in [6.07, 6.45) is 3.84. The molecule has 1 aromatic rings. The molecule has 1 saturated carbocycles. The van der Waals surface area contributed by atoms with E-state index in [1.54, 1.807) is 0 Å². The van der Waals surface area contributed by atoms with Crippen molar-refractivity contribution in [1.82, 2.24) is 0 Å². The van der Waals surface area contributed by atoms with Gasteiger partial charge in [0.2, 0.25) is 0 Å². The lowest BCUT2D eigenvalue weighted by atomic mass is 10.2. The highest BCUT2D eigenvalue weighted by Gasteiger charge is 2.21. The Kier molecular flexibility index (Phi) is 5.19. The molecule has 100 valence electrons. The van der Waals surface area contributed by atoms with Crippen molar-refractivity contribution in [3.05, 3.63) is 22.2 Å². The standard InChI is InChI=1S/C14H18BrClO2/c1-2-17-13-8-11(9-16)7-12(15)14(13)18-6-5-10-3-4-10/h7-8,10H,2-6,9H2,1H3. The Balaban J connectivity index is 2.08. The second-order valence-corrected chi connectivity index (χ2v) is 5.67. The zero-order valence-corrected chi connectivity index (χ0v) is 12.9. The maximum Gasteiger partial charge on any atom is 0.175 e. The van der Waals surface area contributed by atoms with E-state index in [4.69, 9.17) is 21.1 Å². The summed E-state index contributed by atoms with van der Waals surface area (Å²) >= 11 is 9.39. The van der Waals surface area contributed by atoms with Crippen molar-refractivity contribution >= 4 is 27.5 Å². The van der Waals surface area contributed by atoms with Crippen LogP contribution in [0.2, 0.25) is 0 Å². The van der Waals surface area contributed by atoms with E-state index in [0.717, 1.165) is 40.5 Å². The average Bonchev–Trinajstić information content (AvgIpc) is 3.16. The SMILES string of the molecule is CCOc1cc(CCl)cc(Br)c1OCCC1CC1. The van der Waals surface area contributed by atoms with Gasteiger partial charge in [0.05, 0.1) is 17.7 Å². The van der Waals surface area contributed by atoms with Gasteiger partial charge in [-0.1, -0.05) is 12.8 Å². The Labute approximate surface area is 122 Å². The van der Waals surface area contributed by atoms with Gasteiger partial charge in [-0.15, -0.1) is 11.6 Å². The molecule has 4 heteroatoms. The highest BCUT2D eigenvalue weighted by atomic mass is 79.9. The smallest absolute Gasteiger partial charge is 0.175 e. The second-order valence-electron chi connectivity index (χ2n) is 4.55. The predicted octanol–water partition coefficient (Wildman–Crippen LogP) is 4.77. The van der Waals surface area contributed by atoms with Crippen molar-refractivity contribution in [2.75, 3.05) is 13.2 Å². The number of halogens is 2. The fraction of sp³-hybridized carbons (Fsp3) is 0.571. The Morgan fingerprint density at radius 3 is 2.72 bits per heavy atom. The molecule has 0 atom stereocenters. The van der Waals surface area contributed by atoms with E-state index in [0.29, 0.717) is 12.5 Å². The van der Waals surface area contributed by atoms with E-state index < -0.39 is 0 Å². The van der Waals surface area contributed by atoms with Crippen molar-refractivity contribution in [2.24, 2.45) is 5.92 Å². The largest absolute Gasteiger partial charge is 0.490 e. The zero-order valence-electron chi connectivity index (χ0n) is 10.5. The molecule has 1 aromatic carbocycles. The monoisotopic (exact) mass is 332 g/mol. The zero-order chi connectivity index (χ0) is 13.0. The molecule has 0 radical (unpaired) electrons. The van der Waals surface area contributed by atoms with Crippen molar-refractivity contribution in [3.63, 3.8) is 0 Å². The molecule has 1 fully saturated rings. The summed E-state index contributed by atoms with van der Waals surface area (Å²) < 4.78 is 12.4. The van der Waals surface area contributed by atoms with Gasteiger partial charge in [0.1, 0.15) is 0 Å². The minimum Gasteiger partial charge on any atom is -0.490 e. The Bertz CT molecular complexity index is 405. The minimum atomic E-state index is 0.473. The molecule has 1 aliphatic carbocycles. The lowest BCUT2D eigenvalue weighted by Crippen LogP contribution is -2.03. The van der Waals surface area contributed by atoms with Crippen molar-refractivity contribution in [2.45, 2.75) is 32.1 Å². The molecule has 0 aromatic heterocycles. The third kappa shape index (κ3) is 3.79. The molecule has 0 amide bonds. The molecule has 0 N–H and O–H groups in total. The summed E-state index contributed by atoms with van der Waals surface area (Å²) in [4.78, 5) is 0. The van der Waals surface area contributed by atoms with E-state index in [-0.39, 0.29) is 0 Å². The van der Waals surface area contributed by atoms with E-state index in [1.807, 2.05) is 19.1 Å². The number of alkyl halides is 1. The predicted molar refractivity (Wildman–Crippen MR) is 77.7 cm³/mol. The first-order valence-corrected chi connectivity index (χ1v) is 7.71. The van der Waals surface area contributed by atoms with E-state index >= 15 is 0 Å². The van der Waals surface area contributed by atoms with Crippen LogP contribution >= 0.6 is 27.5 Å². The highest BCUT2D eigenvalue weighted by Crippen LogP contribution is 2.38.